The number of aliphatic hydroxyl groups is 3. The Morgan fingerprint density at radius 1 is 1.12 bits per heavy atom. The van der Waals surface area contributed by atoms with Crippen LogP contribution in [-0.2, 0) is 4.79 Å². The quantitative estimate of drug-likeness (QED) is 0.252. The minimum atomic E-state index is -1.12. The van der Waals surface area contributed by atoms with Gasteiger partial charge in [-0.15, -0.1) is 0 Å². The van der Waals surface area contributed by atoms with Gasteiger partial charge in [-0.2, -0.15) is 0 Å². The van der Waals surface area contributed by atoms with Gasteiger partial charge < -0.3 is 31.3 Å². The molecular weight excluding hydrogens is 687 g/mol. The summed E-state index contributed by atoms with van der Waals surface area (Å²) in [6.07, 6.45) is -1.12. The van der Waals surface area contributed by atoms with Gasteiger partial charge in [-0.3, -0.25) is 14.4 Å². The maximum atomic E-state index is 12.8. The number of benzene rings is 1. The summed E-state index contributed by atoms with van der Waals surface area (Å²) in [5, 5.41) is 29.9. The number of carbonyl (C=O) groups excluding carboxylic acids is 3. The fraction of sp³-hybridized carbons (Fsp3) is 0.357. The fourth-order valence-electron chi connectivity index (χ4n) is 2.00. The third-order valence-electron chi connectivity index (χ3n) is 3.23. The molecule has 1 rings (SSSR count). The smallest absolute Gasteiger partial charge is 0.255 e. The highest BCUT2D eigenvalue weighted by Crippen LogP contribution is 2.36. The molecule has 0 heterocycles. The molecule has 0 aromatic heterocycles. The number of nitrogens with one attached hydrogen (secondary N) is 1. The van der Waals surface area contributed by atoms with E-state index in [0.717, 1.165) is 0 Å². The van der Waals surface area contributed by atoms with E-state index in [-0.39, 0.29) is 23.4 Å². The van der Waals surface area contributed by atoms with E-state index in [4.69, 9.17) is 15.9 Å². The largest absolute Gasteiger partial charge is 0.394 e. The van der Waals surface area contributed by atoms with E-state index < -0.39 is 37.0 Å². The molecule has 3 amide bonds. The van der Waals surface area contributed by atoms with E-state index in [1.54, 1.807) is 0 Å². The van der Waals surface area contributed by atoms with Gasteiger partial charge in [0.2, 0.25) is 5.91 Å². The number of aliphatic hydroxyl groups excluding tert-OH is 3. The van der Waals surface area contributed by atoms with Crippen LogP contribution in [0.3, 0.4) is 0 Å². The highest BCUT2D eigenvalue weighted by molar-refractivity contribution is 14.1. The average molecular weight is 703 g/mol. The number of nitrogens with two attached hydrogens (primary N) is 1. The second-order valence-corrected chi connectivity index (χ2v) is 8.40. The molecule has 6 N–H and O–H groups in total. The van der Waals surface area contributed by atoms with Crippen molar-refractivity contribution in [1.29, 1.82) is 0 Å². The second kappa shape index (κ2) is 10.3. The molecule has 12 heteroatoms. The Morgan fingerprint density at radius 2 is 1.65 bits per heavy atom. The van der Waals surface area contributed by atoms with Crippen molar-refractivity contribution in [3.05, 3.63) is 21.8 Å². The summed E-state index contributed by atoms with van der Waals surface area (Å²) in [6, 6.07) is 0. The van der Waals surface area contributed by atoms with Crippen LogP contribution in [0.4, 0.5) is 5.69 Å². The second-order valence-electron chi connectivity index (χ2n) is 5.16. The SMILES string of the molecule is CN(CC(O)CO)C(=O)c1c(I)c(NC(=O)CO)c(I)c(C(N)=O)c1I. The van der Waals surface area contributed by atoms with E-state index in [0.29, 0.717) is 10.7 Å². The molecule has 0 spiro atoms. The summed E-state index contributed by atoms with van der Waals surface area (Å²) in [6.45, 7) is -1.41. The highest BCUT2D eigenvalue weighted by Gasteiger charge is 2.29. The molecule has 144 valence electrons. The number of carbonyl (C=O) groups is 3. The van der Waals surface area contributed by atoms with Crippen LogP contribution in [0.2, 0.25) is 0 Å². The van der Waals surface area contributed by atoms with Crippen molar-refractivity contribution in [2.75, 3.05) is 32.1 Å². The standard InChI is InChI=1S/C14H16I3N3O6/c1-20(2-5(23)3-21)14(26)8-9(15)7(13(18)25)10(16)12(11(8)17)19-6(24)4-22/h5,21-23H,2-4H2,1H3,(H2,18,25)(H,19,24). The summed E-state index contributed by atoms with van der Waals surface area (Å²) in [7, 11) is 1.43. The maximum Gasteiger partial charge on any atom is 0.255 e. The number of nitrogens with zero attached hydrogens (tertiary/aromatic N) is 1. The van der Waals surface area contributed by atoms with Crippen LogP contribution in [0.1, 0.15) is 20.7 Å². The van der Waals surface area contributed by atoms with Gasteiger partial charge in [0.1, 0.15) is 6.61 Å². The lowest BCUT2D eigenvalue weighted by Crippen LogP contribution is -2.37. The van der Waals surface area contributed by atoms with E-state index in [9.17, 15) is 19.5 Å². The molecule has 1 aromatic carbocycles. The van der Waals surface area contributed by atoms with Gasteiger partial charge in [-0.1, -0.05) is 0 Å². The van der Waals surface area contributed by atoms with Gasteiger partial charge in [-0.05, 0) is 67.8 Å². The topological polar surface area (TPSA) is 153 Å². The zero-order chi connectivity index (χ0) is 20.2. The van der Waals surface area contributed by atoms with Crippen molar-refractivity contribution in [2.24, 2.45) is 5.73 Å². The van der Waals surface area contributed by atoms with Crippen LogP contribution in [0.25, 0.3) is 0 Å². The van der Waals surface area contributed by atoms with Crippen molar-refractivity contribution in [3.63, 3.8) is 0 Å². The summed E-state index contributed by atoms with van der Waals surface area (Å²) in [5.74, 6) is -2.01. The van der Waals surface area contributed by atoms with Gasteiger partial charge in [0.25, 0.3) is 11.8 Å². The van der Waals surface area contributed by atoms with Gasteiger partial charge in [0.05, 0.1) is 36.7 Å². The van der Waals surface area contributed by atoms with Crippen molar-refractivity contribution < 1.29 is 29.7 Å². The van der Waals surface area contributed by atoms with E-state index in [1.165, 1.54) is 11.9 Å². The zero-order valence-corrected chi connectivity index (χ0v) is 19.9. The van der Waals surface area contributed by atoms with E-state index in [1.807, 2.05) is 67.8 Å². The van der Waals surface area contributed by atoms with Crippen LogP contribution in [0.15, 0.2) is 0 Å². The number of halogens is 3. The molecule has 1 unspecified atom stereocenters. The number of rotatable bonds is 7. The zero-order valence-electron chi connectivity index (χ0n) is 13.4. The first kappa shape index (κ1) is 23.7. The van der Waals surface area contributed by atoms with Crippen molar-refractivity contribution in [3.8, 4) is 0 Å². The Labute approximate surface area is 190 Å². The predicted molar refractivity (Wildman–Crippen MR) is 119 cm³/mol. The van der Waals surface area contributed by atoms with E-state index >= 15 is 0 Å². The first-order valence-electron chi connectivity index (χ1n) is 7.02. The summed E-state index contributed by atoms with van der Waals surface area (Å²) in [5.41, 5.74) is 5.82. The Bertz CT molecular complexity index is 743. The summed E-state index contributed by atoms with van der Waals surface area (Å²) >= 11 is 5.52. The first-order chi connectivity index (χ1) is 12.1. The molecule has 9 nitrogen and oxygen atoms in total. The molecular formula is C14H16I3N3O6. The third-order valence-corrected chi connectivity index (χ3v) is 6.46. The number of hydrogen-bond acceptors (Lipinski definition) is 6. The van der Waals surface area contributed by atoms with E-state index in [2.05, 4.69) is 5.32 Å². The Hall–Kier alpha value is -0.300. The van der Waals surface area contributed by atoms with Gasteiger partial charge in [-0.25, -0.2) is 0 Å². The van der Waals surface area contributed by atoms with Crippen LogP contribution >= 0.6 is 67.8 Å². The van der Waals surface area contributed by atoms with Crippen molar-refractivity contribution in [1.82, 2.24) is 4.90 Å². The lowest BCUT2D eigenvalue weighted by atomic mass is 10.1. The third kappa shape index (κ3) is 5.37. The molecule has 0 radical (unpaired) electrons. The molecule has 1 atom stereocenters. The summed E-state index contributed by atoms with van der Waals surface area (Å²) < 4.78 is 1.01. The predicted octanol–water partition coefficient (Wildman–Crippen LogP) is -0.0447. The summed E-state index contributed by atoms with van der Waals surface area (Å²) in [4.78, 5) is 37.5. The molecule has 0 bridgehead atoms. The lowest BCUT2D eigenvalue weighted by molar-refractivity contribution is -0.118. The Balaban J connectivity index is 3.58. The molecule has 0 saturated carbocycles. The maximum absolute atomic E-state index is 12.8. The van der Waals surface area contributed by atoms with Crippen LogP contribution in [0, 0.1) is 10.7 Å². The number of anilines is 1. The molecule has 1 aromatic rings. The van der Waals surface area contributed by atoms with Gasteiger partial charge >= 0.3 is 0 Å². The average Bonchev–Trinajstić information content (AvgIpc) is 2.57. The highest BCUT2D eigenvalue weighted by atomic mass is 127. The number of likely N-dealkylation sites (N-methyl/N-ethyl adjacent to an activating group) is 1. The number of primary amides is 1. The number of hydrogen-bond donors (Lipinski definition) is 5. The van der Waals surface area contributed by atoms with Crippen molar-refractivity contribution in [2.45, 2.75) is 6.10 Å². The van der Waals surface area contributed by atoms with Crippen LogP contribution in [0.5, 0.6) is 0 Å². The minimum Gasteiger partial charge on any atom is -0.394 e. The molecule has 0 aliphatic heterocycles. The van der Waals surface area contributed by atoms with Crippen molar-refractivity contribution >= 4 is 91.2 Å². The molecule has 0 fully saturated rings. The molecule has 0 saturated heterocycles. The molecule has 26 heavy (non-hydrogen) atoms. The Kier molecular flexibility index (Phi) is 9.40. The van der Waals surface area contributed by atoms with Gasteiger partial charge in [0, 0.05) is 17.2 Å². The van der Waals surface area contributed by atoms with Gasteiger partial charge in [0.15, 0.2) is 0 Å². The molecule has 0 aliphatic rings. The minimum absolute atomic E-state index is 0.0688. The fourth-order valence-corrected chi connectivity index (χ4v) is 6.43. The monoisotopic (exact) mass is 703 g/mol. The molecule has 0 aliphatic carbocycles. The van der Waals surface area contributed by atoms with Crippen LogP contribution in [-0.4, -0.2) is 70.9 Å². The Morgan fingerprint density at radius 3 is 2.12 bits per heavy atom. The number of amides is 3. The first-order valence-corrected chi connectivity index (χ1v) is 10.3. The lowest BCUT2D eigenvalue weighted by Gasteiger charge is -2.23. The van der Waals surface area contributed by atoms with Crippen LogP contribution < -0.4 is 11.1 Å². The normalized spacial score (nSPS) is 11.8.